The molecule has 2 aromatic carbocycles. The second-order valence-corrected chi connectivity index (χ2v) is 9.53. The first-order chi connectivity index (χ1) is 15.4. The normalized spacial score (nSPS) is 11.9. The zero-order chi connectivity index (χ0) is 23.1. The standard InChI is InChI=1S/C26H29ClN2O2S/c1-19(2)29(26(31)25(27)22-12-8-5-9-13-22)18-24(30)28(16-21-10-6-4-7-11-21)17-23-20(3)14-15-32-23/h4-15,19,25H,16-18H2,1-3H3. The van der Waals surface area contributed by atoms with E-state index in [4.69, 9.17) is 11.6 Å². The average Bonchev–Trinajstić information content (AvgIpc) is 3.21. The van der Waals surface area contributed by atoms with Crippen molar-refractivity contribution in [1.29, 1.82) is 0 Å². The predicted octanol–water partition coefficient (Wildman–Crippen LogP) is 5.80. The van der Waals surface area contributed by atoms with Crippen LogP contribution in [-0.2, 0) is 22.7 Å². The fourth-order valence-corrected chi connectivity index (χ4v) is 4.64. The average molecular weight is 469 g/mol. The van der Waals surface area contributed by atoms with E-state index < -0.39 is 5.38 Å². The minimum atomic E-state index is -0.825. The Bertz CT molecular complexity index is 1020. The zero-order valence-corrected chi connectivity index (χ0v) is 20.3. The van der Waals surface area contributed by atoms with Crippen LogP contribution in [0, 0.1) is 6.92 Å². The molecule has 4 nitrogen and oxygen atoms in total. The van der Waals surface area contributed by atoms with Crippen molar-refractivity contribution in [3.8, 4) is 0 Å². The molecule has 0 fully saturated rings. The maximum Gasteiger partial charge on any atom is 0.245 e. The van der Waals surface area contributed by atoms with Crippen LogP contribution in [0.5, 0.6) is 0 Å². The third-order valence-electron chi connectivity index (χ3n) is 5.39. The molecule has 32 heavy (non-hydrogen) atoms. The SMILES string of the molecule is Cc1ccsc1CN(Cc1ccccc1)C(=O)CN(C(=O)C(Cl)c1ccccc1)C(C)C. The third-order valence-corrected chi connectivity index (χ3v) is 6.84. The van der Waals surface area contributed by atoms with Gasteiger partial charge in [-0.25, -0.2) is 0 Å². The van der Waals surface area contributed by atoms with Gasteiger partial charge in [-0.2, -0.15) is 0 Å². The van der Waals surface area contributed by atoms with Gasteiger partial charge in [-0.1, -0.05) is 60.7 Å². The molecule has 2 amide bonds. The molecule has 1 aromatic heterocycles. The summed E-state index contributed by atoms with van der Waals surface area (Å²) >= 11 is 8.15. The number of halogens is 1. The van der Waals surface area contributed by atoms with Gasteiger partial charge >= 0.3 is 0 Å². The number of hydrogen-bond donors (Lipinski definition) is 0. The summed E-state index contributed by atoms with van der Waals surface area (Å²) in [5.41, 5.74) is 2.95. The Kier molecular flexibility index (Phi) is 8.48. The second kappa shape index (κ2) is 11.3. The Balaban J connectivity index is 1.80. The Morgan fingerprint density at radius 1 is 0.938 bits per heavy atom. The Morgan fingerprint density at radius 3 is 2.12 bits per heavy atom. The number of carbonyl (C=O) groups excluding carboxylic acids is 2. The number of alkyl halides is 1. The van der Waals surface area contributed by atoms with E-state index >= 15 is 0 Å². The van der Waals surface area contributed by atoms with Gasteiger partial charge in [-0.3, -0.25) is 9.59 Å². The Morgan fingerprint density at radius 2 is 1.56 bits per heavy atom. The van der Waals surface area contributed by atoms with Crippen LogP contribution in [-0.4, -0.2) is 34.2 Å². The number of hydrogen-bond acceptors (Lipinski definition) is 3. The van der Waals surface area contributed by atoms with Crippen LogP contribution in [0.1, 0.15) is 40.8 Å². The maximum absolute atomic E-state index is 13.5. The van der Waals surface area contributed by atoms with Crippen molar-refractivity contribution in [3.63, 3.8) is 0 Å². The van der Waals surface area contributed by atoms with Crippen LogP contribution in [0.4, 0.5) is 0 Å². The first kappa shape index (κ1) is 24.0. The predicted molar refractivity (Wildman–Crippen MR) is 132 cm³/mol. The summed E-state index contributed by atoms with van der Waals surface area (Å²) < 4.78 is 0. The first-order valence-corrected chi connectivity index (χ1v) is 12.0. The molecule has 0 bridgehead atoms. The van der Waals surface area contributed by atoms with Crippen LogP contribution in [0.3, 0.4) is 0 Å². The van der Waals surface area contributed by atoms with Gasteiger partial charge in [0.25, 0.3) is 0 Å². The van der Waals surface area contributed by atoms with E-state index in [1.165, 1.54) is 5.56 Å². The summed E-state index contributed by atoms with van der Waals surface area (Å²) in [5, 5.41) is 1.21. The van der Waals surface area contributed by atoms with Crippen molar-refractivity contribution >= 4 is 34.8 Å². The lowest BCUT2D eigenvalue weighted by Crippen LogP contribution is -2.46. The highest BCUT2D eigenvalue weighted by atomic mass is 35.5. The van der Waals surface area contributed by atoms with E-state index in [9.17, 15) is 9.59 Å². The van der Waals surface area contributed by atoms with Crippen LogP contribution in [0.15, 0.2) is 72.1 Å². The van der Waals surface area contributed by atoms with E-state index in [2.05, 4.69) is 13.0 Å². The summed E-state index contributed by atoms with van der Waals surface area (Å²) in [6, 6.07) is 21.1. The van der Waals surface area contributed by atoms with Crippen molar-refractivity contribution < 1.29 is 9.59 Å². The molecule has 0 radical (unpaired) electrons. The van der Waals surface area contributed by atoms with E-state index in [1.54, 1.807) is 16.2 Å². The molecule has 3 aromatic rings. The molecular formula is C26H29ClN2O2S. The molecule has 0 spiro atoms. The lowest BCUT2D eigenvalue weighted by atomic mass is 10.1. The van der Waals surface area contributed by atoms with E-state index in [-0.39, 0.29) is 24.4 Å². The van der Waals surface area contributed by atoms with Crippen LogP contribution < -0.4 is 0 Å². The lowest BCUT2D eigenvalue weighted by molar-refractivity contribution is -0.142. The highest BCUT2D eigenvalue weighted by Gasteiger charge is 2.29. The number of rotatable bonds is 9. The van der Waals surface area contributed by atoms with Crippen molar-refractivity contribution in [2.75, 3.05) is 6.54 Å². The van der Waals surface area contributed by atoms with Gasteiger partial charge in [-0.15, -0.1) is 22.9 Å². The van der Waals surface area contributed by atoms with Gasteiger partial charge in [0.2, 0.25) is 11.8 Å². The molecule has 1 atom stereocenters. The molecule has 0 aliphatic heterocycles. The van der Waals surface area contributed by atoms with Gasteiger partial charge in [0.15, 0.2) is 0 Å². The van der Waals surface area contributed by atoms with Gasteiger partial charge in [0.1, 0.15) is 11.9 Å². The fourth-order valence-electron chi connectivity index (χ4n) is 3.45. The topological polar surface area (TPSA) is 40.6 Å². The van der Waals surface area contributed by atoms with E-state index in [0.29, 0.717) is 13.1 Å². The van der Waals surface area contributed by atoms with Gasteiger partial charge in [-0.05, 0) is 48.9 Å². The number of carbonyl (C=O) groups is 2. The van der Waals surface area contributed by atoms with Crippen molar-refractivity contribution in [3.05, 3.63) is 93.7 Å². The largest absolute Gasteiger partial charge is 0.332 e. The molecule has 168 valence electrons. The smallest absolute Gasteiger partial charge is 0.245 e. The molecule has 0 N–H and O–H groups in total. The summed E-state index contributed by atoms with van der Waals surface area (Å²) in [6.45, 7) is 6.86. The van der Waals surface area contributed by atoms with Crippen molar-refractivity contribution in [2.24, 2.45) is 0 Å². The number of aryl methyl sites for hydroxylation is 1. The van der Waals surface area contributed by atoms with Gasteiger partial charge in [0.05, 0.1) is 6.54 Å². The molecule has 0 saturated carbocycles. The molecule has 1 unspecified atom stereocenters. The Labute approximate surface area is 199 Å². The van der Waals surface area contributed by atoms with Crippen LogP contribution in [0.2, 0.25) is 0 Å². The minimum absolute atomic E-state index is 0.0101. The fraction of sp³-hybridized carbons (Fsp3) is 0.308. The number of nitrogens with zero attached hydrogens (tertiary/aromatic N) is 2. The van der Waals surface area contributed by atoms with Crippen molar-refractivity contribution in [2.45, 2.75) is 45.3 Å². The second-order valence-electron chi connectivity index (χ2n) is 8.10. The zero-order valence-electron chi connectivity index (χ0n) is 18.7. The highest BCUT2D eigenvalue weighted by molar-refractivity contribution is 7.10. The summed E-state index contributed by atoms with van der Waals surface area (Å²) in [6.07, 6.45) is 0. The first-order valence-electron chi connectivity index (χ1n) is 10.7. The maximum atomic E-state index is 13.5. The number of amides is 2. The summed E-state index contributed by atoms with van der Waals surface area (Å²) in [5.74, 6) is -0.353. The van der Waals surface area contributed by atoms with Gasteiger partial charge < -0.3 is 9.80 Å². The van der Waals surface area contributed by atoms with Gasteiger partial charge in [0, 0.05) is 17.5 Å². The van der Waals surface area contributed by atoms with E-state index in [1.807, 2.05) is 84.8 Å². The van der Waals surface area contributed by atoms with Crippen LogP contribution >= 0.6 is 22.9 Å². The molecule has 0 aliphatic carbocycles. The highest BCUT2D eigenvalue weighted by Crippen LogP contribution is 2.25. The molecule has 6 heteroatoms. The molecule has 3 rings (SSSR count). The van der Waals surface area contributed by atoms with Crippen LogP contribution in [0.25, 0.3) is 0 Å². The summed E-state index contributed by atoms with van der Waals surface area (Å²) in [7, 11) is 0. The molecule has 0 saturated heterocycles. The third kappa shape index (κ3) is 6.21. The summed E-state index contributed by atoms with van der Waals surface area (Å²) in [4.78, 5) is 31.2. The molecular weight excluding hydrogens is 440 g/mol. The number of thiophene rings is 1. The minimum Gasteiger partial charge on any atom is -0.332 e. The molecule has 1 heterocycles. The van der Waals surface area contributed by atoms with Crippen molar-refractivity contribution in [1.82, 2.24) is 9.80 Å². The van der Waals surface area contributed by atoms with E-state index in [0.717, 1.165) is 16.0 Å². The molecule has 0 aliphatic rings. The lowest BCUT2D eigenvalue weighted by Gasteiger charge is -2.31. The Hall–Kier alpha value is -2.63. The quantitative estimate of drug-likeness (QED) is 0.372. The monoisotopic (exact) mass is 468 g/mol. The number of benzene rings is 2.